The molecule has 0 fully saturated rings. The smallest absolute Gasteiger partial charge is 0.404 e. The van der Waals surface area contributed by atoms with Crippen LogP contribution < -0.4 is 20.7 Å². The van der Waals surface area contributed by atoms with Crippen LogP contribution in [0.15, 0.2) is 24.5 Å². The van der Waals surface area contributed by atoms with Crippen molar-refractivity contribution in [3.05, 3.63) is 40.4 Å². The number of amides is 3. The maximum atomic E-state index is 12.8. The first-order chi connectivity index (χ1) is 15.7. The summed E-state index contributed by atoms with van der Waals surface area (Å²) in [5.74, 6) is 0.0616. The SMILES string of the molecule is CO[C@@H](C)c1c(NC(=O)Nc2cc(Cl)cnc2OC[C@H](C)NC(=O)O)cnc2cc(Cl)nn12. The molecule has 12 nitrogen and oxygen atoms in total. The van der Waals surface area contributed by atoms with Crippen LogP contribution in [-0.2, 0) is 4.74 Å². The van der Waals surface area contributed by atoms with E-state index in [-0.39, 0.29) is 28.3 Å². The van der Waals surface area contributed by atoms with Gasteiger partial charge in [0, 0.05) is 19.4 Å². The number of halogens is 2. The summed E-state index contributed by atoms with van der Waals surface area (Å²) in [4.78, 5) is 31.8. The number of urea groups is 1. The number of fused-ring (bicyclic) bond motifs is 1. The third-order valence-electron chi connectivity index (χ3n) is 4.38. The van der Waals surface area contributed by atoms with Crippen molar-refractivity contribution in [1.29, 1.82) is 0 Å². The van der Waals surface area contributed by atoms with Crippen LogP contribution in [0.25, 0.3) is 5.65 Å². The van der Waals surface area contributed by atoms with Gasteiger partial charge in [0.25, 0.3) is 0 Å². The van der Waals surface area contributed by atoms with Gasteiger partial charge in [0.2, 0.25) is 5.88 Å². The average Bonchev–Trinajstić information content (AvgIpc) is 3.12. The molecule has 0 aromatic carbocycles. The lowest BCUT2D eigenvalue weighted by Crippen LogP contribution is -2.35. The second-order valence-electron chi connectivity index (χ2n) is 6.92. The van der Waals surface area contributed by atoms with Gasteiger partial charge in [-0.05, 0) is 19.9 Å². The van der Waals surface area contributed by atoms with E-state index in [0.717, 1.165) is 0 Å². The normalized spacial score (nSPS) is 12.8. The molecule has 176 valence electrons. The number of nitrogens with one attached hydrogen (secondary N) is 3. The Hall–Kier alpha value is -3.35. The van der Waals surface area contributed by atoms with E-state index in [1.54, 1.807) is 19.9 Å². The van der Waals surface area contributed by atoms with Gasteiger partial charge in [-0.2, -0.15) is 5.10 Å². The summed E-state index contributed by atoms with van der Waals surface area (Å²) in [6.07, 6.45) is 1.17. The molecular weight excluding hydrogens is 477 g/mol. The molecule has 0 unspecified atom stereocenters. The predicted molar refractivity (Wildman–Crippen MR) is 121 cm³/mol. The number of rotatable bonds is 8. The molecule has 3 rings (SSSR count). The van der Waals surface area contributed by atoms with Crippen LogP contribution in [0, 0.1) is 0 Å². The van der Waals surface area contributed by atoms with Gasteiger partial charge in [0.1, 0.15) is 12.3 Å². The Bertz CT molecular complexity index is 1170. The number of ether oxygens (including phenoxy) is 2. The lowest BCUT2D eigenvalue weighted by Gasteiger charge is -2.18. The predicted octanol–water partition coefficient (Wildman–Crippen LogP) is 3.82. The molecule has 0 saturated carbocycles. The monoisotopic (exact) mass is 497 g/mol. The molecule has 4 N–H and O–H groups in total. The Morgan fingerprint density at radius 3 is 2.58 bits per heavy atom. The summed E-state index contributed by atoms with van der Waals surface area (Å²) in [7, 11) is 1.52. The Balaban J connectivity index is 1.80. The number of pyridine rings is 1. The molecule has 0 aliphatic rings. The van der Waals surface area contributed by atoms with Crippen LogP contribution in [0.1, 0.15) is 25.6 Å². The van der Waals surface area contributed by atoms with E-state index in [0.29, 0.717) is 17.0 Å². The standard InChI is InChI=1S/C19H21Cl2N7O5/c1-9(24-19(30)31)8-33-17-12(4-11(20)6-23-17)25-18(29)26-13-7-22-15-5-14(21)27-28(15)16(13)10(2)32-3/h4-7,9-10,24H,8H2,1-3H3,(H,30,31)(H2,25,26,29)/t9-,10-/m0/s1. The summed E-state index contributed by atoms with van der Waals surface area (Å²) in [5, 5.41) is 21.1. The zero-order valence-corrected chi connectivity index (χ0v) is 19.3. The molecule has 33 heavy (non-hydrogen) atoms. The highest BCUT2D eigenvalue weighted by molar-refractivity contribution is 6.31. The quantitative estimate of drug-likeness (QED) is 0.366. The highest BCUT2D eigenvalue weighted by Crippen LogP contribution is 2.28. The molecule has 0 radical (unpaired) electrons. The van der Waals surface area contributed by atoms with Crippen molar-refractivity contribution in [2.45, 2.75) is 26.0 Å². The highest BCUT2D eigenvalue weighted by Gasteiger charge is 2.20. The zero-order chi connectivity index (χ0) is 24.1. The van der Waals surface area contributed by atoms with Crippen LogP contribution in [-0.4, -0.2) is 56.6 Å². The van der Waals surface area contributed by atoms with Crippen LogP contribution in [0.4, 0.5) is 21.0 Å². The van der Waals surface area contributed by atoms with Gasteiger partial charge >= 0.3 is 12.1 Å². The first-order valence-electron chi connectivity index (χ1n) is 9.60. The molecule has 0 saturated heterocycles. The van der Waals surface area contributed by atoms with Crippen molar-refractivity contribution in [3.63, 3.8) is 0 Å². The minimum Gasteiger partial charge on any atom is -0.474 e. The molecule has 0 aliphatic heterocycles. The van der Waals surface area contributed by atoms with E-state index in [9.17, 15) is 9.59 Å². The van der Waals surface area contributed by atoms with E-state index >= 15 is 0 Å². The van der Waals surface area contributed by atoms with Crippen molar-refractivity contribution >= 4 is 52.3 Å². The number of carbonyl (C=O) groups excluding carboxylic acids is 1. The van der Waals surface area contributed by atoms with Crippen molar-refractivity contribution in [2.75, 3.05) is 24.4 Å². The van der Waals surface area contributed by atoms with Gasteiger partial charge in [0.05, 0.1) is 34.7 Å². The third-order valence-corrected chi connectivity index (χ3v) is 4.77. The number of methoxy groups -OCH3 is 1. The van der Waals surface area contributed by atoms with Gasteiger partial charge < -0.3 is 30.5 Å². The van der Waals surface area contributed by atoms with E-state index in [4.69, 9.17) is 37.8 Å². The summed E-state index contributed by atoms with van der Waals surface area (Å²) < 4.78 is 12.4. The van der Waals surface area contributed by atoms with Gasteiger partial charge in [-0.3, -0.25) is 0 Å². The molecule has 0 aliphatic carbocycles. The van der Waals surface area contributed by atoms with Crippen molar-refractivity contribution < 1.29 is 24.2 Å². The number of hydrogen-bond donors (Lipinski definition) is 4. The molecule has 14 heteroatoms. The van der Waals surface area contributed by atoms with E-state index in [1.807, 2.05) is 0 Å². The molecular formula is C19H21Cl2N7O5. The second-order valence-corrected chi connectivity index (χ2v) is 7.74. The first kappa shape index (κ1) is 24.3. The van der Waals surface area contributed by atoms with Gasteiger partial charge in [-0.25, -0.2) is 24.1 Å². The Morgan fingerprint density at radius 2 is 1.88 bits per heavy atom. The number of anilines is 2. The average molecular weight is 498 g/mol. The zero-order valence-electron chi connectivity index (χ0n) is 17.8. The minimum atomic E-state index is -1.18. The number of aromatic nitrogens is 4. The van der Waals surface area contributed by atoms with Gasteiger partial charge in [0.15, 0.2) is 10.8 Å². The maximum absolute atomic E-state index is 12.8. The second kappa shape index (κ2) is 10.5. The lowest BCUT2D eigenvalue weighted by molar-refractivity contribution is 0.114. The van der Waals surface area contributed by atoms with Crippen LogP contribution in [0.2, 0.25) is 10.2 Å². The number of carbonyl (C=O) groups is 2. The number of nitrogens with zero attached hydrogens (tertiary/aromatic N) is 4. The lowest BCUT2D eigenvalue weighted by atomic mass is 10.2. The topological polar surface area (TPSA) is 152 Å². The van der Waals surface area contributed by atoms with Crippen molar-refractivity contribution in [1.82, 2.24) is 24.9 Å². The first-order valence-corrected chi connectivity index (χ1v) is 10.4. The van der Waals surface area contributed by atoms with Crippen molar-refractivity contribution in [2.24, 2.45) is 0 Å². The summed E-state index contributed by atoms with van der Waals surface area (Å²) in [6.45, 7) is 3.38. The summed E-state index contributed by atoms with van der Waals surface area (Å²) >= 11 is 12.0. The fourth-order valence-corrected chi connectivity index (χ4v) is 3.22. The minimum absolute atomic E-state index is 0.0205. The fourth-order valence-electron chi connectivity index (χ4n) is 2.89. The Morgan fingerprint density at radius 1 is 1.15 bits per heavy atom. The Kier molecular flexibility index (Phi) is 7.74. The molecule has 3 aromatic heterocycles. The van der Waals surface area contributed by atoms with E-state index in [1.165, 1.54) is 30.1 Å². The van der Waals surface area contributed by atoms with Gasteiger partial charge in [-0.15, -0.1) is 0 Å². The number of hydrogen-bond acceptors (Lipinski definition) is 7. The van der Waals surface area contributed by atoms with Crippen molar-refractivity contribution in [3.8, 4) is 5.88 Å². The molecule has 3 heterocycles. The largest absolute Gasteiger partial charge is 0.474 e. The summed E-state index contributed by atoms with van der Waals surface area (Å²) in [6, 6.07) is 1.88. The third kappa shape index (κ3) is 6.12. The number of carboxylic acid groups (broad SMARTS) is 1. The van der Waals surface area contributed by atoms with E-state index < -0.39 is 24.3 Å². The van der Waals surface area contributed by atoms with Gasteiger partial charge in [-0.1, -0.05) is 23.2 Å². The summed E-state index contributed by atoms with van der Waals surface area (Å²) in [5.41, 5.74) is 1.54. The fraction of sp³-hybridized carbons (Fsp3) is 0.316. The Labute approximate surface area is 198 Å². The molecule has 0 spiro atoms. The molecule has 3 amide bonds. The van der Waals surface area contributed by atoms with Crippen LogP contribution in [0.3, 0.4) is 0 Å². The highest BCUT2D eigenvalue weighted by atomic mass is 35.5. The molecule has 3 aromatic rings. The van der Waals surface area contributed by atoms with Crippen LogP contribution in [0.5, 0.6) is 5.88 Å². The maximum Gasteiger partial charge on any atom is 0.404 e. The molecule has 0 bridgehead atoms. The van der Waals surface area contributed by atoms with E-state index in [2.05, 4.69) is 31.0 Å². The van der Waals surface area contributed by atoms with Crippen LogP contribution >= 0.6 is 23.2 Å². The molecule has 2 atom stereocenters.